The molecule has 102 valence electrons. The summed E-state index contributed by atoms with van der Waals surface area (Å²) in [5, 5.41) is 18.7. The standard InChI is InChI=1S/C10H10ClN3O4S/c1-13(6-2-5-12)19(17,18)10-4-3-8(14(15)16)7-9(10)11/h3-4,7H,2,6H2,1H3. The van der Waals surface area contributed by atoms with E-state index in [2.05, 4.69) is 0 Å². The minimum atomic E-state index is -3.86. The molecule has 0 radical (unpaired) electrons. The molecule has 0 saturated carbocycles. The molecule has 0 spiro atoms. The molecule has 0 aliphatic carbocycles. The van der Waals surface area contributed by atoms with Crippen LogP contribution in [0.2, 0.25) is 5.02 Å². The van der Waals surface area contributed by atoms with E-state index in [0.29, 0.717) is 0 Å². The van der Waals surface area contributed by atoms with Gasteiger partial charge in [0, 0.05) is 32.1 Å². The van der Waals surface area contributed by atoms with Crippen molar-refractivity contribution < 1.29 is 13.3 Å². The zero-order chi connectivity index (χ0) is 14.6. The Labute approximate surface area is 115 Å². The van der Waals surface area contributed by atoms with Crippen LogP contribution in [0.3, 0.4) is 0 Å². The summed E-state index contributed by atoms with van der Waals surface area (Å²) in [6, 6.07) is 4.96. The monoisotopic (exact) mass is 303 g/mol. The topological polar surface area (TPSA) is 104 Å². The van der Waals surface area contributed by atoms with Crippen LogP contribution in [0, 0.1) is 21.4 Å². The van der Waals surface area contributed by atoms with Gasteiger partial charge in [-0.15, -0.1) is 0 Å². The van der Waals surface area contributed by atoms with Gasteiger partial charge in [0.2, 0.25) is 10.0 Å². The maximum Gasteiger partial charge on any atom is 0.271 e. The molecule has 0 aromatic heterocycles. The molecular weight excluding hydrogens is 294 g/mol. The van der Waals surface area contributed by atoms with Gasteiger partial charge in [-0.05, 0) is 6.07 Å². The molecule has 0 heterocycles. The van der Waals surface area contributed by atoms with Gasteiger partial charge < -0.3 is 0 Å². The predicted molar refractivity (Wildman–Crippen MR) is 68.2 cm³/mol. The summed E-state index contributed by atoms with van der Waals surface area (Å²) in [6.45, 7) is 0.0200. The highest BCUT2D eigenvalue weighted by atomic mass is 35.5. The van der Waals surface area contributed by atoms with E-state index >= 15 is 0 Å². The summed E-state index contributed by atoms with van der Waals surface area (Å²) in [7, 11) is -2.55. The molecule has 0 amide bonds. The minimum absolute atomic E-state index is 0.0200. The van der Waals surface area contributed by atoms with Gasteiger partial charge in [0.1, 0.15) is 4.90 Å². The Balaban J connectivity index is 3.16. The fraction of sp³-hybridized carbons (Fsp3) is 0.300. The minimum Gasteiger partial charge on any atom is -0.258 e. The lowest BCUT2D eigenvalue weighted by molar-refractivity contribution is -0.384. The molecule has 7 nitrogen and oxygen atoms in total. The Morgan fingerprint density at radius 3 is 2.63 bits per heavy atom. The summed E-state index contributed by atoms with van der Waals surface area (Å²) in [6.07, 6.45) is 0.0420. The Bertz CT molecular complexity index is 639. The first-order valence-corrected chi connectivity index (χ1v) is 6.89. The van der Waals surface area contributed by atoms with E-state index < -0.39 is 14.9 Å². The SMILES string of the molecule is CN(CCC#N)S(=O)(=O)c1ccc([N+](=O)[O-])cc1Cl. The van der Waals surface area contributed by atoms with E-state index in [0.717, 1.165) is 22.5 Å². The highest BCUT2D eigenvalue weighted by molar-refractivity contribution is 7.89. The van der Waals surface area contributed by atoms with Crippen molar-refractivity contribution in [3.8, 4) is 6.07 Å². The summed E-state index contributed by atoms with van der Waals surface area (Å²) in [5.41, 5.74) is -0.288. The van der Waals surface area contributed by atoms with Crippen LogP contribution in [0.15, 0.2) is 23.1 Å². The molecule has 0 unspecified atom stereocenters. The lowest BCUT2D eigenvalue weighted by Gasteiger charge is -2.16. The molecule has 1 aromatic rings. The zero-order valence-electron chi connectivity index (χ0n) is 9.91. The smallest absolute Gasteiger partial charge is 0.258 e. The number of halogens is 1. The highest BCUT2D eigenvalue weighted by Crippen LogP contribution is 2.27. The third-order valence-electron chi connectivity index (χ3n) is 2.35. The van der Waals surface area contributed by atoms with Gasteiger partial charge in [-0.25, -0.2) is 8.42 Å². The van der Waals surface area contributed by atoms with Crippen LogP contribution in [-0.4, -0.2) is 31.2 Å². The molecule has 19 heavy (non-hydrogen) atoms. The van der Waals surface area contributed by atoms with E-state index in [1.807, 2.05) is 6.07 Å². The quantitative estimate of drug-likeness (QED) is 0.609. The number of non-ortho nitro benzene ring substituents is 1. The van der Waals surface area contributed by atoms with Crippen LogP contribution in [0.1, 0.15) is 6.42 Å². The third-order valence-corrected chi connectivity index (χ3v) is 4.69. The number of rotatable bonds is 5. The van der Waals surface area contributed by atoms with E-state index in [9.17, 15) is 18.5 Å². The fourth-order valence-corrected chi connectivity index (χ4v) is 2.99. The number of hydrogen-bond donors (Lipinski definition) is 0. The van der Waals surface area contributed by atoms with E-state index in [1.165, 1.54) is 7.05 Å². The summed E-state index contributed by atoms with van der Waals surface area (Å²) in [5.74, 6) is 0. The Kier molecular flexibility index (Phi) is 4.83. The number of nitrogens with zero attached hydrogens (tertiary/aromatic N) is 3. The fourth-order valence-electron chi connectivity index (χ4n) is 1.31. The number of nitriles is 1. The molecule has 1 aromatic carbocycles. The number of nitro benzene ring substituents is 1. The predicted octanol–water partition coefficient (Wildman–Crippen LogP) is 1.78. The van der Waals surface area contributed by atoms with Gasteiger partial charge in [-0.1, -0.05) is 11.6 Å². The van der Waals surface area contributed by atoms with Crippen molar-refractivity contribution in [1.82, 2.24) is 4.31 Å². The summed E-state index contributed by atoms with van der Waals surface area (Å²) in [4.78, 5) is 9.65. The summed E-state index contributed by atoms with van der Waals surface area (Å²) < 4.78 is 25.2. The molecule has 9 heteroatoms. The van der Waals surface area contributed by atoms with Crippen molar-refractivity contribution in [3.63, 3.8) is 0 Å². The van der Waals surface area contributed by atoms with E-state index in [-0.39, 0.29) is 28.6 Å². The maximum absolute atomic E-state index is 12.1. The van der Waals surface area contributed by atoms with Crippen molar-refractivity contribution in [2.75, 3.05) is 13.6 Å². The first-order chi connectivity index (χ1) is 8.80. The van der Waals surface area contributed by atoms with Gasteiger partial charge in [0.05, 0.1) is 16.0 Å². The molecule has 1 rings (SSSR count). The lowest BCUT2D eigenvalue weighted by atomic mass is 10.3. The normalized spacial score (nSPS) is 11.3. The summed E-state index contributed by atoms with van der Waals surface area (Å²) >= 11 is 5.76. The lowest BCUT2D eigenvalue weighted by Crippen LogP contribution is -2.28. The molecule has 0 aliphatic heterocycles. The molecule has 0 atom stereocenters. The Hall–Kier alpha value is -1.69. The van der Waals surface area contributed by atoms with Crippen molar-refractivity contribution >= 4 is 27.3 Å². The maximum atomic E-state index is 12.1. The second kappa shape index (κ2) is 5.97. The molecule has 0 N–H and O–H groups in total. The van der Waals surface area contributed by atoms with E-state index in [4.69, 9.17) is 16.9 Å². The second-order valence-electron chi connectivity index (χ2n) is 3.61. The number of nitro groups is 1. The van der Waals surface area contributed by atoms with Crippen molar-refractivity contribution in [1.29, 1.82) is 5.26 Å². The average molecular weight is 304 g/mol. The van der Waals surface area contributed by atoms with Gasteiger partial charge in [0.25, 0.3) is 5.69 Å². The average Bonchev–Trinajstić information content (AvgIpc) is 2.35. The van der Waals surface area contributed by atoms with Crippen molar-refractivity contribution in [2.45, 2.75) is 11.3 Å². The largest absolute Gasteiger partial charge is 0.271 e. The van der Waals surface area contributed by atoms with Gasteiger partial charge in [0.15, 0.2) is 0 Å². The molecule has 0 fully saturated rings. The first-order valence-electron chi connectivity index (χ1n) is 5.08. The number of sulfonamides is 1. The van der Waals surface area contributed by atoms with Crippen molar-refractivity contribution in [3.05, 3.63) is 33.3 Å². The van der Waals surface area contributed by atoms with Crippen molar-refractivity contribution in [2.24, 2.45) is 0 Å². The number of benzene rings is 1. The second-order valence-corrected chi connectivity index (χ2v) is 6.03. The van der Waals surface area contributed by atoms with Gasteiger partial charge in [-0.2, -0.15) is 9.57 Å². The molecular formula is C10H10ClN3O4S. The third kappa shape index (κ3) is 3.41. The Morgan fingerprint density at radius 1 is 1.53 bits per heavy atom. The highest BCUT2D eigenvalue weighted by Gasteiger charge is 2.24. The molecule has 0 saturated heterocycles. The van der Waals surface area contributed by atoms with Crippen LogP contribution in [0.25, 0.3) is 0 Å². The van der Waals surface area contributed by atoms with Crippen LogP contribution in [0.5, 0.6) is 0 Å². The number of hydrogen-bond acceptors (Lipinski definition) is 5. The molecule has 0 aliphatic rings. The van der Waals surface area contributed by atoms with E-state index in [1.54, 1.807) is 0 Å². The van der Waals surface area contributed by atoms with Crippen LogP contribution < -0.4 is 0 Å². The Morgan fingerprint density at radius 2 is 2.16 bits per heavy atom. The van der Waals surface area contributed by atoms with Crippen LogP contribution in [0.4, 0.5) is 5.69 Å². The van der Waals surface area contributed by atoms with Gasteiger partial charge >= 0.3 is 0 Å². The van der Waals surface area contributed by atoms with Gasteiger partial charge in [-0.3, -0.25) is 10.1 Å². The molecule has 0 bridgehead atoms. The first kappa shape index (κ1) is 15.4. The van der Waals surface area contributed by atoms with Crippen LogP contribution in [-0.2, 0) is 10.0 Å². The zero-order valence-corrected chi connectivity index (χ0v) is 11.5. The van der Waals surface area contributed by atoms with Crippen LogP contribution >= 0.6 is 11.6 Å².